The van der Waals surface area contributed by atoms with Crippen molar-refractivity contribution < 1.29 is 14.1 Å². The SMILES string of the molecule is C=CC(=O)OCn1cc[n+](C)c1. The summed E-state index contributed by atoms with van der Waals surface area (Å²) < 4.78 is 8.40. The van der Waals surface area contributed by atoms with Crippen LogP contribution < -0.4 is 4.57 Å². The molecule has 12 heavy (non-hydrogen) atoms. The Morgan fingerprint density at radius 1 is 1.83 bits per heavy atom. The van der Waals surface area contributed by atoms with Crippen LogP contribution in [0.2, 0.25) is 0 Å². The van der Waals surface area contributed by atoms with E-state index in [1.165, 1.54) is 0 Å². The van der Waals surface area contributed by atoms with Gasteiger partial charge in [-0.3, -0.25) is 0 Å². The molecule has 1 aromatic heterocycles. The minimum atomic E-state index is -0.411. The fourth-order valence-electron chi connectivity index (χ4n) is 0.775. The Bertz CT molecular complexity index is 291. The van der Waals surface area contributed by atoms with Gasteiger partial charge in [0.2, 0.25) is 13.1 Å². The summed E-state index contributed by atoms with van der Waals surface area (Å²) in [5.74, 6) is -0.411. The van der Waals surface area contributed by atoms with Gasteiger partial charge >= 0.3 is 5.97 Å². The van der Waals surface area contributed by atoms with E-state index in [4.69, 9.17) is 4.74 Å². The molecule has 0 N–H and O–H groups in total. The highest BCUT2D eigenvalue weighted by Gasteiger charge is 2.01. The number of aromatic nitrogens is 2. The fourth-order valence-corrected chi connectivity index (χ4v) is 0.775. The van der Waals surface area contributed by atoms with Crippen LogP contribution in [0.1, 0.15) is 0 Å². The summed E-state index contributed by atoms with van der Waals surface area (Å²) in [5, 5.41) is 0. The second-order valence-electron chi connectivity index (χ2n) is 2.39. The number of nitrogens with zero attached hydrogens (tertiary/aromatic N) is 2. The van der Waals surface area contributed by atoms with Gasteiger partial charge in [-0.25, -0.2) is 13.9 Å². The minimum Gasteiger partial charge on any atom is -0.422 e. The maximum absolute atomic E-state index is 10.6. The molecule has 1 aromatic rings. The Balaban J connectivity index is 2.43. The normalized spacial score (nSPS) is 9.42. The Morgan fingerprint density at radius 3 is 3.08 bits per heavy atom. The van der Waals surface area contributed by atoms with Crippen LogP contribution in [0.4, 0.5) is 0 Å². The number of rotatable bonds is 3. The smallest absolute Gasteiger partial charge is 0.333 e. The van der Waals surface area contributed by atoms with Crippen LogP contribution in [0.15, 0.2) is 31.4 Å². The van der Waals surface area contributed by atoms with E-state index >= 15 is 0 Å². The summed E-state index contributed by atoms with van der Waals surface area (Å²) in [7, 11) is 1.89. The predicted octanol–water partition coefficient (Wildman–Crippen LogP) is -0.000700. The van der Waals surface area contributed by atoms with Crippen molar-refractivity contribution in [1.29, 1.82) is 0 Å². The van der Waals surface area contributed by atoms with Crippen molar-refractivity contribution in [1.82, 2.24) is 4.57 Å². The fraction of sp³-hybridized carbons (Fsp3) is 0.250. The van der Waals surface area contributed by atoms with E-state index < -0.39 is 5.97 Å². The maximum Gasteiger partial charge on any atom is 0.333 e. The standard InChI is InChI=1S/C8H11N2O2/c1-3-8(11)12-7-10-5-4-9(2)6-10/h3-6H,1,7H2,2H3/q+1. The molecule has 0 bridgehead atoms. The van der Waals surface area contributed by atoms with E-state index in [0.717, 1.165) is 6.08 Å². The van der Waals surface area contributed by atoms with Gasteiger partial charge in [-0.1, -0.05) is 6.58 Å². The van der Waals surface area contributed by atoms with Crippen LogP contribution in [0, 0.1) is 0 Å². The molecule has 0 radical (unpaired) electrons. The van der Waals surface area contributed by atoms with Gasteiger partial charge in [0.15, 0.2) is 0 Å². The number of esters is 1. The number of aryl methyl sites for hydroxylation is 1. The quantitative estimate of drug-likeness (QED) is 0.361. The first-order chi connectivity index (χ1) is 5.72. The molecule has 0 aromatic carbocycles. The molecular weight excluding hydrogens is 156 g/mol. The number of hydrogen-bond acceptors (Lipinski definition) is 2. The van der Waals surface area contributed by atoms with Gasteiger partial charge in [0.1, 0.15) is 12.4 Å². The molecule has 0 aliphatic rings. The molecule has 0 amide bonds. The number of carbonyl (C=O) groups excluding carboxylic acids is 1. The lowest BCUT2D eigenvalue weighted by Crippen LogP contribution is -2.24. The minimum absolute atomic E-state index is 0.228. The zero-order chi connectivity index (χ0) is 8.97. The summed E-state index contributed by atoms with van der Waals surface area (Å²) in [4.78, 5) is 10.6. The second-order valence-corrected chi connectivity index (χ2v) is 2.39. The van der Waals surface area contributed by atoms with Crippen molar-refractivity contribution in [2.75, 3.05) is 0 Å². The zero-order valence-electron chi connectivity index (χ0n) is 6.93. The molecule has 4 nitrogen and oxygen atoms in total. The second kappa shape index (κ2) is 3.71. The molecule has 0 atom stereocenters. The van der Waals surface area contributed by atoms with Crippen LogP contribution in [0.5, 0.6) is 0 Å². The largest absolute Gasteiger partial charge is 0.422 e. The Hall–Kier alpha value is -1.58. The number of carbonyl (C=O) groups is 1. The van der Waals surface area contributed by atoms with Crippen LogP contribution in [-0.2, 0) is 23.3 Å². The summed E-state index contributed by atoms with van der Waals surface area (Å²) in [6.07, 6.45) is 6.64. The summed E-state index contributed by atoms with van der Waals surface area (Å²) >= 11 is 0. The first-order valence-corrected chi connectivity index (χ1v) is 3.52. The first-order valence-electron chi connectivity index (χ1n) is 3.52. The van der Waals surface area contributed by atoms with E-state index in [-0.39, 0.29) is 6.73 Å². The summed E-state index contributed by atoms with van der Waals surface area (Å²) in [6.45, 7) is 3.52. The molecule has 0 unspecified atom stereocenters. The molecule has 0 fully saturated rings. The Kier molecular flexibility index (Phi) is 2.63. The van der Waals surface area contributed by atoms with E-state index in [1.807, 2.05) is 30.3 Å². The van der Waals surface area contributed by atoms with Crippen molar-refractivity contribution in [2.45, 2.75) is 6.73 Å². The average Bonchev–Trinajstić information content (AvgIpc) is 2.47. The number of ether oxygens (including phenoxy) is 1. The molecule has 0 aliphatic carbocycles. The lowest BCUT2D eigenvalue weighted by Gasteiger charge is -1.95. The topological polar surface area (TPSA) is 35.1 Å². The van der Waals surface area contributed by atoms with Crippen molar-refractivity contribution in [3.63, 3.8) is 0 Å². The third-order valence-electron chi connectivity index (χ3n) is 1.35. The summed E-state index contributed by atoms with van der Waals surface area (Å²) in [6, 6.07) is 0. The van der Waals surface area contributed by atoms with Crippen molar-refractivity contribution in [3.05, 3.63) is 31.4 Å². The third kappa shape index (κ3) is 2.23. The number of imidazole rings is 1. The van der Waals surface area contributed by atoms with Gasteiger partial charge in [0, 0.05) is 6.08 Å². The van der Waals surface area contributed by atoms with Crippen LogP contribution in [0.25, 0.3) is 0 Å². The van der Waals surface area contributed by atoms with Crippen LogP contribution in [-0.4, -0.2) is 10.5 Å². The third-order valence-corrected chi connectivity index (χ3v) is 1.35. The van der Waals surface area contributed by atoms with Gasteiger partial charge in [-0.05, 0) is 0 Å². The highest BCUT2D eigenvalue weighted by atomic mass is 16.5. The molecule has 0 spiro atoms. The number of hydrogen-bond donors (Lipinski definition) is 0. The predicted molar refractivity (Wildman–Crippen MR) is 41.9 cm³/mol. The van der Waals surface area contributed by atoms with E-state index in [1.54, 1.807) is 4.57 Å². The van der Waals surface area contributed by atoms with Gasteiger partial charge < -0.3 is 4.74 Å². The Morgan fingerprint density at radius 2 is 2.58 bits per heavy atom. The van der Waals surface area contributed by atoms with E-state index in [2.05, 4.69) is 6.58 Å². The summed E-state index contributed by atoms with van der Waals surface area (Å²) in [5.41, 5.74) is 0. The van der Waals surface area contributed by atoms with Crippen LogP contribution >= 0.6 is 0 Å². The van der Waals surface area contributed by atoms with Crippen LogP contribution in [0.3, 0.4) is 0 Å². The highest BCUT2D eigenvalue weighted by molar-refractivity contribution is 5.80. The molecule has 4 heteroatoms. The monoisotopic (exact) mass is 167 g/mol. The molecule has 1 rings (SSSR count). The molecule has 1 heterocycles. The lowest BCUT2D eigenvalue weighted by molar-refractivity contribution is -0.671. The highest BCUT2D eigenvalue weighted by Crippen LogP contribution is 1.86. The van der Waals surface area contributed by atoms with Crippen molar-refractivity contribution in [2.24, 2.45) is 7.05 Å². The van der Waals surface area contributed by atoms with Crippen molar-refractivity contribution in [3.8, 4) is 0 Å². The van der Waals surface area contributed by atoms with Crippen molar-refractivity contribution >= 4 is 5.97 Å². The van der Waals surface area contributed by atoms with E-state index in [0.29, 0.717) is 0 Å². The zero-order valence-corrected chi connectivity index (χ0v) is 6.93. The van der Waals surface area contributed by atoms with Gasteiger partial charge in [-0.15, -0.1) is 0 Å². The van der Waals surface area contributed by atoms with Gasteiger partial charge in [0.25, 0.3) is 0 Å². The maximum atomic E-state index is 10.6. The first kappa shape index (κ1) is 8.52. The molecule has 0 saturated carbocycles. The van der Waals surface area contributed by atoms with Gasteiger partial charge in [-0.2, -0.15) is 0 Å². The lowest BCUT2D eigenvalue weighted by atomic mass is 10.7. The average molecular weight is 167 g/mol. The molecular formula is C8H11N2O2+. The Labute approximate surface area is 70.7 Å². The molecule has 0 aliphatic heterocycles. The van der Waals surface area contributed by atoms with E-state index in [9.17, 15) is 4.79 Å². The van der Waals surface area contributed by atoms with Gasteiger partial charge in [0.05, 0.1) is 7.05 Å². The molecule has 64 valence electrons. The molecule has 0 saturated heterocycles.